The number of anilines is 1. The number of hydrogen-bond donors (Lipinski definition) is 3. The number of nitrogen functional groups attached to an aromatic ring is 1. The number of H-pyrrole nitrogens is 1. The fourth-order valence-electron chi connectivity index (χ4n) is 1.24. The van der Waals surface area contributed by atoms with Gasteiger partial charge in [-0.15, -0.1) is 10.2 Å². The van der Waals surface area contributed by atoms with Gasteiger partial charge in [0.15, 0.2) is 5.82 Å². The minimum atomic E-state index is -0.284. The number of carbonyl (C=O) groups is 1. The van der Waals surface area contributed by atoms with Crippen LogP contribution in [0.4, 0.5) is 5.69 Å². The number of halogens is 1. The zero-order chi connectivity index (χ0) is 12.3. The molecule has 1 aromatic heterocycles. The lowest BCUT2D eigenvalue weighted by Crippen LogP contribution is -2.24. The maximum Gasteiger partial charge on any atom is 0.253 e. The van der Waals surface area contributed by atoms with Gasteiger partial charge in [-0.2, -0.15) is 5.21 Å². The summed E-state index contributed by atoms with van der Waals surface area (Å²) in [4.78, 5) is 11.8. The van der Waals surface area contributed by atoms with Gasteiger partial charge in [-0.25, -0.2) is 0 Å². The summed E-state index contributed by atoms with van der Waals surface area (Å²) < 4.78 is 0.788. The van der Waals surface area contributed by atoms with Gasteiger partial charge in [0.05, 0.1) is 12.1 Å². The first kappa shape index (κ1) is 11.5. The summed E-state index contributed by atoms with van der Waals surface area (Å²) in [5.74, 6) is 0.125. The van der Waals surface area contributed by atoms with Gasteiger partial charge in [-0.3, -0.25) is 4.79 Å². The van der Waals surface area contributed by atoms with Gasteiger partial charge < -0.3 is 11.1 Å². The van der Waals surface area contributed by atoms with E-state index in [-0.39, 0.29) is 12.5 Å². The van der Waals surface area contributed by atoms with Crippen LogP contribution in [-0.2, 0) is 6.54 Å². The topological polar surface area (TPSA) is 110 Å². The molecule has 2 aromatic rings. The third-order valence-electron chi connectivity index (χ3n) is 2.06. The van der Waals surface area contributed by atoms with E-state index in [0.717, 1.165) is 4.47 Å². The van der Waals surface area contributed by atoms with Crippen LogP contribution in [0.3, 0.4) is 0 Å². The quantitative estimate of drug-likeness (QED) is 0.714. The largest absolute Gasteiger partial charge is 0.398 e. The zero-order valence-corrected chi connectivity index (χ0v) is 10.2. The van der Waals surface area contributed by atoms with Crippen molar-refractivity contribution in [2.24, 2.45) is 0 Å². The van der Waals surface area contributed by atoms with Crippen LogP contribution in [-0.4, -0.2) is 26.5 Å². The van der Waals surface area contributed by atoms with E-state index < -0.39 is 0 Å². The predicted molar refractivity (Wildman–Crippen MR) is 63.9 cm³/mol. The van der Waals surface area contributed by atoms with E-state index in [1.807, 2.05) is 0 Å². The molecule has 8 heteroatoms. The second-order valence-corrected chi connectivity index (χ2v) is 4.16. The fraction of sp³-hybridized carbons (Fsp3) is 0.111. The summed E-state index contributed by atoms with van der Waals surface area (Å²) >= 11 is 3.28. The fourth-order valence-corrected chi connectivity index (χ4v) is 1.60. The van der Waals surface area contributed by atoms with E-state index in [4.69, 9.17) is 5.73 Å². The molecule has 88 valence electrons. The molecule has 0 aliphatic rings. The van der Waals surface area contributed by atoms with Gasteiger partial charge in [-0.05, 0) is 18.2 Å². The Labute approximate surface area is 105 Å². The van der Waals surface area contributed by atoms with E-state index in [2.05, 4.69) is 41.9 Å². The van der Waals surface area contributed by atoms with Crippen LogP contribution < -0.4 is 11.1 Å². The zero-order valence-electron chi connectivity index (χ0n) is 8.64. The Hall–Kier alpha value is -1.96. The van der Waals surface area contributed by atoms with Crippen LogP contribution in [0.2, 0.25) is 0 Å². The van der Waals surface area contributed by atoms with Gasteiger partial charge in [0.1, 0.15) is 0 Å². The van der Waals surface area contributed by atoms with Gasteiger partial charge >= 0.3 is 0 Å². The second kappa shape index (κ2) is 4.91. The first-order valence-corrected chi connectivity index (χ1v) is 5.51. The molecule has 1 aromatic carbocycles. The average Bonchev–Trinajstić information content (AvgIpc) is 2.82. The number of nitrogens with zero attached hydrogens (tertiary/aromatic N) is 3. The lowest BCUT2D eigenvalue weighted by molar-refractivity contribution is 0.0950. The molecule has 0 spiro atoms. The minimum Gasteiger partial charge on any atom is -0.398 e. The summed E-state index contributed by atoms with van der Waals surface area (Å²) in [6.07, 6.45) is 0. The summed E-state index contributed by atoms with van der Waals surface area (Å²) in [5.41, 5.74) is 6.53. The van der Waals surface area contributed by atoms with E-state index in [0.29, 0.717) is 17.1 Å². The highest BCUT2D eigenvalue weighted by Gasteiger charge is 2.10. The number of nitrogens with two attached hydrogens (primary N) is 1. The highest BCUT2D eigenvalue weighted by Crippen LogP contribution is 2.18. The number of carbonyl (C=O) groups excluding carboxylic acids is 1. The molecular weight excluding hydrogens is 288 g/mol. The number of aromatic amines is 1. The molecular formula is C9H9BrN6O. The third kappa shape index (κ3) is 2.78. The molecule has 2 rings (SSSR count). The van der Waals surface area contributed by atoms with E-state index >= 15 is 0 Å². The van der Waals surface area contributed by atoms with Crippen molar-refractivity contribution in [2.45, 2.75) is 6.54 Å². The van der Waals surface area contributed by atoms with E-state index in [9.17, 15) is 4.79 Å². The van der Waals surface area contributed by atoms with E-state index in [1.54, 1.807) is 18.2 Å². The first-order chi connectivity index (χ1) is 8.16. The molecule has 0 atom stereocenters. The number of aromatic nitrogens is 4. The van der Waals surface area contributed by atoms with Crippen molar-refractivity contribution in [3.05, 3.63) is 34.1 Å². The Morgan fingerprint density at radius 2 is 2.35 bits per heavy atom. The van der Waals surface area contributed by atoms with Crippen molar-refractivity contribution in [2.75, 3.05) is 5.73 Å². The predicted octanol–water partition coefficient (Wildman–Crippen LogP) is 0.474. The molecule has 0 bridgehead atoms. The smallest absolute Gasteiger partial charge is 0.253 e. The molecule has 0 saturated carbocycles. The Balaban J connectivity index is 2.07. The number of rotatable bonds is 3. The van der Waals surface area contributed by atoms with Crippen LogP contribution in [0, 0.1) is 0 Å². The summed E-state index contributed by atoms with van der Waals surface area (Å²) in [5, 5.41) is 15.8. The molecule has 0 unspecified atom stereocenters. The first-order valence-electron chi connectivity index (χ1n) is 4.72. The summed E-state index contributed by atoms with van der Waals surface area (Å²) in [6.45, 7) is 0.196. The monoisotopic (exact) mass is 296 g/mol. The lowest BCUT2D eigenvalue weighted by atomic mass is 10.1. The van der Waals surface area contributed by atoms with Crippen molar-refractivity contribution in [1.82, 2.24) is 25.9 Å². The van der Waals surface area contributed by atoms with Crippen LogP contribution in [0.5, 0.6) is 0 Å². The standard InChI is InChI=1S/C9H9BrN6O/c10-5-1-2-7(11)6(3-5)9(17)12-4-8-13-15-16-14-8/h1-3H,4,11H2,(H,12,17)(H,13,14,15,16). The molecule has 0 aliphatic heterocycles. The number of hydrogen-bond acceptors (Lipinski definition) is 5. The van der Waals surface area contributed by atoms with E-state index in [1.165, 1.54) is 0 Å². The van der Waals surface area contributed by atoms with Gasteiger partial charge in [0.25, 0.3) is 5.91 Å². The highest BCUT2D eigenvalue weighted by molar-refractivity contribution is 9.10. The van der Waals surface area contributed by atoms with Gasteiger partial charge in [0.2, 0.25) is 0 Å². The Morgan fingerprint density at radius 1 is 1.53 bits per heavy atom. The number of nitrogens with one attached hydrogen (secondary N) is 2. The van der Waals surface area contributed by atoms with Gasteiger partial charge in [0, 0.05) is 10.2 Å². The third-order valence-corrected chi connectivity index (χ3v) is 2.55. The Morgan fingerprint density at radius 3 is 3.06 bits per heavy atom. The number of benzene rings is 1. The maximum absolute atomic E-state index is 11.8. The molecule has 1 heterocycles. The van der Waals surface area contributed by atoms with Crippen LogP contribution in [0.15, 0.2) is 22.7 Å². The maximum atomic E-state index is 11.8. The Kier molecular flexibility index (Phi) is 3.33. The lowest BCUT2D eigenvalue weighted by Gasteiger charge is -2.06. The molecule has 1 amide bonds. The molecule has 0 aliphatic carbocycles. The number of amides is 1. The van der Waals surface area contributed by atoms with Crippen LogP contribution in [0.1, 0.15) is 16.2 Å². The normalized spacial score (nSPS) is 10.2. The van der Waals surface area contributed by atoms with Crippen LogP contribution in [0.25, 0.3) is 0 Å². The van der Waals surface area contributed by atoms with Crippen molar-refractivity contribution in [3.8, 4) is 0 Å². The SMILES string of the molecule is Nc1ccc(Br)cc1C(=O)NCc1nn[nH]n1. The molecule has 0 fully saturated rings. The average molecular weight is 297 g/mol. The summed E-state index contributed by atoms with van der Waals surface area (Å²) in [7, 11) is 0. The molecule has 0 radical (unpaired) electrons. The molecule has 7 nitrogen and oxygen atoms in total. The van der Waals surface area contributed by atoms with Crippen molar-refractivity contribution >= 4 is 27.5 Å². The molecule has 17 heavy (non-hydrogen) atoms. The highest BCUT2D eigenvalue weighted by atomic mass is 79.9. The second-order valence-electron chi connectivity index (χ2n) is 3.24. The Bertz CT molecular complexity index is 526. The summed E-state index contributed by atoms with van der Waals surface area (Å²) in [6, 6.07) is 5.08. The van der Waals surface area contributed by atoms with Crippen molar-refractivity contribution in [3.63, 3.8) is 0 Å². The molecule has 4 N–H and O–H groups in total. The van der Waals surface area contributed by atoms with Crippen molar-refractivity contribution < 1.29 is 4.79 Å². The van der Waals surface area contributed by atoms with Crippen molar-refractivity contribution in [1.29, 1.82) is 0 Å². The van der Waals surface area contributed by atoms with Gasteiger partial charge in [-0.1, -0.05) is 21.1 Å². The van der Waals surface area contributed by atoms with Crippen LogP contribution >= 0.6 is 15.9 Å². The minimum absolute atomic E-state index is 0.196. The molecule has 0 saturated heterocycles. The number of tetrazole rings is 1.